The van der Waals surface area contributed by atoms with E-state index in [1.165, 1.54) is 0 Å². The maximum atomic E-state index is 12.5. The lowest BCUT2D eigenvalue weighted by atomic mass is 9.85. The van der Waals surface area contributed by atoms with Gasteiger partial charge in [0.1, 0.15) is 5.69 Å². The molecule has 0 atom stereocenters. The summed E-state index contributed by atoms with van der Waals surface area (Å²) in [5.74, 6) is 0.625. The zero-order valence-corrected chi connectivity index (χ0v) is 11.4. The van der Waals surface area contributed by atoms with Crippen molar-refractivity contribution in [2.24, 2.45) is 5.92 Å². The third-order valence-electron chi connectivity index (χ3n) is 2.98. The predicted octanol–water partition coefficient (Wildman–Crippen LogP) is 3.11. The highest BCUT2D eigenvalue weighted by Crippen LogP contribution is 2.34. The molecule has 1 aliphatic carbocycles. The van der Waals surface area contributed by atoms with Crippen LogP contribution in [0.4, 0.5) is 19.1 Å². The van der Waals surface area contributed by atoms with Crippen LogP contribution in [0, 0.1) is 5.92 Å². The van der Waals surface area contributed by atoms with Gasteiger partial charge in [0.2, 0.25) is 5.95 Å². The van der Waals surface area contributed by atoms with Gasteiger partial charge in [0.15, 0.2) is 0 Å². The van der Waals surface area contributed by atoms with Crippen molar-refractivity contribution in [2.75, 3.05) is 18.5 Å². The molecule has 0 amide bonds. The van der Waals surface area contributed by atoms with Crippen LogP contribution in [0.5, 0.6) is 0 Å². The Balaban J connectivity index is 2.03. The van der Waals surface area contributed by atoms with Crippen LogP contribution in [0.25, 0.3) is 0 Å². The Kier molecular flexibility index (Phi) is 3.79. The lowest BCUT2D eigenvalue weighted by Crippen LogP contribution is -2.35. The topological polar surface area (TPSA) is 29.0 Å². The van der Waals surface area contributed by atoms with E-state index in [9.17, 15) is 13.2 Å². The molecule has 1 heterocycles. The Hall–Kier alpha value is -0.850. The van der Waals surface area contributed by atoms with Gasteiger partial charge in [-0.1, -0.05) is 15.9 Å². The molecule has 0 radical (unpaired) electrons. The summed E-state index contributed by atoms with van der Waals surface area (Å²) in [5, 5.41) is 0. The standard InChI is InChI=1S/C11H13BrF3N3/c1-18(6-7-4-8(12)5-7)10-16-3-2-9(17-10)11(13,14)15/h2-3,7-8H,4-6H2,1H3. The zero-order valence-electron chi connectivity index (χ0n) is 9.78. The van der Waals surface area contributed by atoms with Gasteiger partial charge in [0.25, 0.3) is 0 Å². The molecule has 3 nitrogen and oxygen atoms in total. The minimum atomic E-state index is -4.42. The average Bonchev–Trinajstić information content (AvgIpc) is 2.26. The summed E-state index contributed by atoms with van der Waals surface area (Å²) in [4.78, 5) is 9.66. The molecule has 2 rings (SSSR count). The van der Waals surface area contributed by atoms with E-state index >= 15 is 0 Å². The van der Waals surface area contributed by atoms with Crippen molar-refractivity contribution in [3.63, 3.8) is 0 Å². The molecule has 18 heavy (non-hydrogen) atoms. The second-order valence-corrected chi connectivity index (χ2v) is 5.85. The number of aromatic nitrogens is 2. The van der Waals surface area contributed by atoms with Gasteiger partial charge in [-0.3, -0.25) is 0 Å². The highest BCUT2D eigenvalue weighted by molar-refractivity contribution is 9.09. The molecule has 0 bridgehead atoms. The first kappa shape index (κ1) is 13.6. The van der Waals surface area contributed by atoms with Gasteiger partial charge in [0.05, 0.1) is 0 Å². The molecular formula is C11H13BrF3N3. The molecule has 0 unspecified atom stereocenters. The van der Waals surface area contributed by atoms with Crippen LogP contribution in [0.3, 0.4) is 0 Å². The third kappa shape index (κ3) is 3.13. The molecule has 1 aliphatic rings. The molecule has 1 aromatic heterocycles. The maximum Gasteiger partial charge on any atom is 0.433 e. The number of nitrogens with zero attached hydrogens (tertiary/aromatic N) is 3. The second-order valence-electron chi connectivity index (χ2n) is 4.55. The smallest absolute Gasteiger partial charge is 0.344 e. The van der Waals surface area contributed by atoms with E-state index in [1.807, 2.05) is 0 Å². The maximum absolute atomic E-state index is 12.5. The lowest BCUT2D eigenvalue weighted by Gasteiger charge is -2.34. The third-order valence-corrected chi connectivity index (χ3v) is 3.73. The van der Waals surface area contributed by atoms with E-state index in [4.69, 9.17) is 0 Å². The van der Waals surface area contributed by atoms with Gasteiger partial charge in [-0.05, 0) is 24.8 Å². The molecule has 1 fully saturated rings. The van der Waals surface area contributed by atoms with E-state index in [-0.39, 0.29) is 5.95 Å². The Labute approximate surface area is 112 Å². The van der Waals surface area contributed by atoms with Crippen molar-refractivity contribution in [2.45, 2.75) is 23.8 Å². The van der Waals surface area contributed by atoms with E-state index in [2.05, 4.69) is 25.9 Å². The lowest BCUT2D eigenvalue weighted by molar-refractivity contribution is -0.141. The van der Waals surface area contributed by atoms with Gasteiger partial charge in [0, 0.05) is 24.6 Å². The summed E-state index contributed by atoms with van der Waals surface area (Å²) in [6.45, 7) is 0.684. The number of alkyl halides is 4. The van der Waals surface area contributed by atoms with E-state index in [0.29, 0.717) is 17.3 Å². The van der Waals surface area contributed by atoms with Crippen molar-refractivity contribution in [3.05, 3.63) is 18.0 Å². The van der Waals surface area contributed by atoms with Gasteiger partial charge in [-0.2, -0.15) is 13.2 Å². The first-order valence-electron chi connectivity index (χ1n) is 5.61. The van der Waals surface area contributed by atoms with Crippen molar-refractivity contribution >= 4 is 21.9 Å². The molecule has 0 aromatic carbocycles. The molecule has 0 N–H and O–H groups in total. The molecule has 1 saturated carbocycles. The normalized spacial score (nSPS) is 23.6. The monoisotopic (exact) mass is 323 g/mol. The van der Waals surface area contributed by atoms with Crippen LogP contribution in [0.2, 0.25) is 0 Å². The van der Waals surface area contributed by atoms with Crippen molar-refractivity contribution in [3.8, 4) is 0 Å². The molecule has 100 valence electrons. The number of anilines is 1. The molecule has 1 aromatic rings. The number of rotatable bonds is 3. The zero-order chi connectivity index (χ0) is 13.3. The van der Waals surface area contributed by atoms with E-state index < -0.39 is 11.9 Å². The summed E-state index contributed by atoms with van der Waals surface area (Å²) in [6, 6.07) is 0.884. The van der Waals surface area contributed by atoms with Gasteiger partial charge in [-0.25, -0.2) is 9.97 Å². The van der Waals surface area contributed by atoms with E-state index in [0.717, 1.165) is 25.1 Å². The van der Waals surface area contributed by atoms with Crippen molar-refractivity contribution in [1.82, 2.24) is 9.97 Å². The van der Waals surface area contributed by atoms with Crippen LogP contribution < -0.4 is 4.90 Å². The SMILES string of the molecule is CN(CC1CC(Br)C1)c1nccc(C(F)(F)F)n1. The molecule has 0 saturated heterocycles. The Morgan fingerprint density at radius 2 is 2.11 bits per heavy atom. The molecule has 0 spiro atoms. The minimum Gasteiger partial charge on any atom is -0.344 e. The van der Waals surface area contributed by atoms with Crippen molar-refractivity contribution < 1.29 is 13.2 Å². The van der Waals surface area contributed by atoms with Crippen LogP contribution in [0.1, 0.15) is 18.5 Å². The summed E-state index contributed by atoms with van der Waals surface area (Å²) >= 11 is 3.49. The highest BCUT2D eigenvalue weighted by atomic mass is 79.9. The first-order valence-corrected chi connectivity index (χ1v) is 6.53. The fraction of sp³-hybridized carbons (Fsp3) is 0.636. The number of hydrogen-bond acceptors (Lipinski definition) is 3. The summed E-state index contributed by atoms with van der Waals surface area (Å²) < 4.78 is 37.5. The fourth-order valence-electron chi connectivity index (χ4n) is 1.96. The predicted molar refractivity (Wildman–Crippen MR) is 65.7 cm³/mol. The minimum absolute atomic E-state index is 0.128. The van der Waals surface area contributed by atoms with Gasteiger partial charge < -0.3 is 4.90 Å². The largest absolute Gasteiger partial charge is 0.433 e. The van der Waals surface area contributed by atoms with Gasteiger partial charge >= 0.3 is 6.18 Å². The number of hydrogen-bond donors (Lipinski definition) is 0. The van der Waals surface area contributed by atoms with Crippen LogP contribution >= 0.6 is 15.9 Å². The quantitative estimate of drug-likeness (QED) is 0.800. The Bertz CT molecular complexity index is 418. The molecular weight excluding hydrogens is 311 g/mol. The summed E-state index contributed by atoms with van der Waals surface area (Å²) in [5.41, 5.74) is -0.897. The fourth-order valence-corrected chi connectivity index (χ4v) is 3.02. The Morgan fingerprint density at radius 1 is 1.44 bits per heavy atom. The summed E-state index contributed by atoms with van der Waals surface area (Å²) in [7, 11) is 1.72. The first-order chi connectivity index (χ1) is 8.36. The molecule has 7 heteroatoms. The van der Waals surface area contributed by atoms with Crippen LogP contribution in [-0.4, -0.2) is 28.4 Å². The van der Waals surface area contributed by atoms with Crippen molar-refractivity contribution in [1.29, 1.82) is 0 Å². The number of halogens is 4. The highest BCUT2D eigenvalue weighted by Gasteiger charge is 2.33. The van der Waals surface area contributed by atoms with E-state index in [1.54, 1.807) is 11.9 Å². The average molecular weight is 324 g/mol. The van der Waals surface area contributed by atoms with Gasteiger partial charge in [-0.15, -0.1) is 0 Å². The molecule has 0 aliphatic heterocycles. The Morgan fingerprint density at radius 3 is 2.67 bits per heavy atom. The van der Waals surface area contributed by atoms with Crippen LogP contribution in [-0.2, 0) is 6.18 Å². The summed E-state index contributed by atoms with van der Waals surface area (Å²) in [6.07, 6.45) is -1.18. The van der Waals surface area contributed by atoms with Crippen LogP contribution in [0.15, 0.2) is 12.3 Å². The second kappa shape index (κ2) is 5.03.